The van der Waals surface area contributed by atoms with Gasteiger partial charge in [0, 0.05) is 16.7 Å². The maximum absolute atomic E-state index is 13.4. The van der Waals surface area contributed by atoms with E-state index in [0.717, 1.165) is 24.0 Å². The van der Waals surface area contributed by atoms with E-state index in [1.54, 1.807) is 24.3 Å². The number of aliphatic hydroxyl groups excluding tert-OH is 1. The van der Waals surface area contributed by atoms with E-state index >= 15 is 0 Å². The number of ketones is 1. The van der Waals surface area contributed by atoms with Gasteiger partial charge in [-0.05, 0) is 75.1 Å². The molecule has 6 nitrogen and oxygen atoms in total. The van der Waals surface area contributed by atoms with Crippen molar-refractivity contribution in [1.29, 1.82) is 0 Å². The predicted molar refractivity (Wildman–Crippen MR) is 129 cm³/mol. The quantitative estimate of drug-likeness (QED) is 0.613. The molecule has 0 spiro atoms. The lowest BCUT2D eigenvalue weighted by Crippen LogP contribution is -2.63. The van der Waals surface area contributed by atoms with Crippen LogP contribution in [0.1, 0.15) is 51.5 Å². The minimum atomic E-state index is -1.78. The van der Waals surface area contributed by atoms with Gasteiger partial charge >= 0.3 is 0 Å². The molecule has 0 bridgehead atoms. The fraction of sp³-hybridized carbons (Fsp3) is 0.556. The van der Waals surface area contributed by atoms with E-state index in [0.29, 0.717) is 11.3 Å². The number of hydrogen-bond donors (Lipinski definition) is 3. The largest absolute Gasteiger partial charge is 0.393 e. The van der Waals surface area contributed by atoms with Gasteiger partial charge in [-0.15, -0.1) is 0 Å². The molecule has 0 aromatic heterocycles. The van der Waals surface area contributed by atoms with Gasteiger partial charge in [0.25, 0.3) is 5.91 Å². The first-order chi connectivity index (χ1) is 16.0. The molecule has 8 atom stereocenters. The van der Waals surface area contributed by atoms with E-state index in [1.165, 1.54) is 0 Å². The van der Waals surface area contributed by atoms with Crippen molar-refractivity contribution in [3.8, 4) is 0 Å². The summed E-state index contributed by atoms with van der Waals surface area (Å²) in [5.74, 6) is -0.531. The second kappa shape index (κ2) is 7.97. The topological polar surface area (TPSA) is 104 Å². The maximum Gasteiger partial charge on any atom is 0.264 e. The molecule has 3 N–H and O–H groups in total. The van der Waals surface area contributed by atoms with Gasteiger partial charge in [0.05, 0.1) is 11.0 Å². The van der Waals surface area contributed by atoms with Crippen LogP contribution in [0.4, 0.5) is 0 Å². The number of hydrogen-bond acceptors (Lipinski definition) is 5. The molecule has 0 radical (unpaired) electrons. The van der Waals surface area contributed by atoms with Crippen molar-refractivity contribution in [3.63, 3.8) is 0 Å². The Kier molecular flexibility index (Phi) is 5.54. The van der Waals surface area contributed by atoms with Gasteiger partial charge in [-0.25, -0.2) is 4.21 Å². The first kappa shape index (κ1) is 23.6. The molecule has 0 aliphatic heterocycles. The predicted octanol–water partition coefficient (Wildman–Crippen LogP) is 3.14. The maximum atomic E-state index is 13.4. The van der Waals surface area contributed by atoms with Crippen molar-refractivity contribution in [3.05, 3.63) is 53.6 Å². The van der Waals surface area contributed by atoms with Crippen LogP contribution in [0.25, 0.3) is 0 Å². The molecule has 1 amide bonds. The molecule has 7 heteroatoms. The van der Waals surface area contributed by atoms with Crippen LogP contribution in [0.5, 0.6) is 0 Å². The summed E-state index contributed by atoms with van der Waals surface area (Å²) < 4.78 is 15.4. The van der Waals surface area contributed by atoms with Crippen LogP contribution in [-0.2, 0) is 20.6 Å². The van der Waals surface area contributed by atoms with Gasteiger partial charge in [-0.3, -0.25) is 14.3 Å². The number of carbonyl (C=O) groups is 2. The molecule has 1 aromatic carbocycles. The van der Waals surface area contributed by atoms with E-state index in [4.69, 9.17) is 0 Å². The Hall–Kier alpha value is -2.09. The number of aryl methyl sites for hydroxylation is 1. The van der Waals surface area contributed by atoms with Crippen molar-refractivity contribution in [2.45, 2.75) is 69.5 Å². The Morgan fingerprint density at radius 1 is 1.18 bits per heavy atom. The summed E-state index contributed by atoms with van der Waals surface area (Å²) >= 11 is 0. The Labute approximate surface area is 203 Å². The van der Waals surface area contributed by atoms with E-state index in [2.05, 4.69) is 11.6 Å². The Balaban J connectivity index is 1.42. The van der Waals surface area contributed by atoms with Crippen LogP contribution >= 0.6 is 0 Å². The number of allylic oxidation sites excluding steroid dienone is 4. The lowest BCUT2D eigenvalue weighted by molar-refractivity contribution is -0.176. The number of nitrogens with one attached hydrogen (secondary N) is 1. The first-order valence-corrected chi connectivity index (χ1v) is 13.3. The molecule has 182 valence electrons. The number of amides is 1. The zero-order valence-corrected chi connectivity index (χ0v) is 20.7. The second-order valence-corrected chi connectivity index (χ2v) is 12.3. The molecular formula is C27H33NO5S. The van der Waals surface area contributed by atoms with Gasteiger partial charge in [0.2, 0.25) is 0 Å². The molecule has 0 heterocycles. The molecule has 4 aliphatic rings. The van der Waals surface area contributed by atoms with Crippen LogP contribution < -0.4 is 4.72 Å². The number of fused-ring (bicyclic) bond motifs is 5. The van der Waals surface area contributed by atoms with Crippen LogP contribution in [0.15, 0.2) is 53.0 Å². The molecule has 4 aliphatic carbocycles. The van der Waals surface area contributed by atoms with Crippen molar-refractivity contribution < 1.29 is 24.0 Å². The zero-order chi connectivity index (χ0) is 24.5. The van der Waals surface area contributed by atoms with E-state index < -0.39 is 39.4 Å². The smallest absolute Gasteiger partial charge is 0.264 e. The standard InChI is InChI=1S/C27H33NO5S/c1-16-4-7-19(8-5-16)34(33)28-24(31)27(32)13-11-21-20-9-6-17-14-18(29)10-12-25(17,2)23(20)22(30)15-26(21,27)3/h4-5,7-8,10,12,14,20-23,30,32H,6,9,11,13,15H2,1-3H3,(H,28,31)/t20?,21?,22-,23?,25?,26?,27-,34-/m0/s1. The monoisotopic (exact) mass is 483 g/mol. The summed E-state index contributed by atoms with van der Waals surface area (Å²) in [6, 6.07) is 7.08. The third-order valence-electron chi connectivity index (χ3n) is 9.44. The first-order valence-electron chi connectivity index (χ1n) is 12.1. The van der Waals surface area contributed by atoms with Crippen molar-refractivity contribution >= 4 is 22.7 Å². The summed E-state index contributed by atoms with van der Waals surface area (Å²) in [4.78, 5) is 25.8. The minimum Gasteiger partial charge on any atom is -0.393 e. The molecule has 0 saturated heterocycles. The van der Waals surface area contributed by atoms with Gasteiger partial charge < -0.3 is 10.2 Å². The van der Waals surface area contributed by atoms with Crippen LogP contribution in [-0.4, -0.2) is 37.8 Å². The average molecular weight is 484 g/mol. The Morgan fingerprint density at radius 3 is 2.59 bits per heavy atom. The summed E-state index contributed by atoms with van der Waals surface area (Å²) in [7, 11) is -1.78. The molecule has 3 saturated carbocycles. The second-order valence-electron chi connectivity index (χ2n) is 11.1. The fourth-order valence-corrected chi connectivity index (χ4v) is 8.43. The van der Waals surface area contributed by atoms with Crippen LogP contribution in [0.3, 0.4) is 0 Å². The average Bonchev–Trinajstić information content (AvgIpc) is 3.05. The SMILES string of the molecule is Cc1ccc([S@](=O)NC(=O)[C@@]2(O)CCC3C4CCC5=CC(=O)C=CC5(C)C4[C@@H](O)CC32C)cc1. The number of benzene rings is 1. The normalized spacial score (nSPS) is 41.7. The molecule has 34 heavy (non-hydrogen) atoms. The van der Waals surface area contributed by atoms with E-state index in [1.807, 2.05) is 32.1 Å². The Morgan fingerprint density at radius 2 is 1.88 bits per heavy atom. The van der Waals surface area contributed by atoms with Gasteiger partial charge in [0.15, 0.2) is 16.8 Å². The van der Waals surface area contributed by atoms with Crippen molar-refractivity contribution in [2.24, 2.45) is 28.6 Å². The molecular weight excluding hydrogens is 450 g/mol. The third-order valence-corrected chi connectivity index (χ3v) is 10.5. The molecule has 3 fully saturated rings. The number of carbonyl (C=O) groups excluding carboxylic acids is 2. The Bertz CT molecular complexity index is 1130. The van der Waals surface area contributed by atoms with Gasteiger partial charge in [-0.1, -0.05) is 43.2 Å². The minimum absolute atomic E-state index is 0.00504. The highest BCUT2D eigenvalue weighted by Crippen LogP contribution is 2.66. The third kappa shape index (κ3) is 3.31. The lowest BCUT2D eigenvalue weighted by atomic mass is 9.46. The van der Waals surface area contributed by atoms with Crippen molar-refractivity contribution in [2.75, 3.05) is 0 Å². The van der Waals surface area contributed by atoms with E-state index in [-0.39, 0.29) is 36.4 Å². The number of aliphatic hydroxyl groups is 2. The molecule has 1 aromatic rings. The van der Waals surface area contributed by atoms with Crippen molar-refractivity contribution in [1.82, 2.24) is 4.72 Å². The summed E-state index contributed by atoms with van der Waals surface area (Å²) in [6.07, 6.45) is 7.36. The summed E-state index contributed by atoms with van der Waals surface area (Å²) in [5.41, 5.74) is -0.837. The summed E-state index contributed by atoms with van der Waals surface area (Å²) in [5, 5.41) is 23.2. The summed E-state index contributed by atoms with van der Waals surface area (Å²) in [6.45, 7) is 5.94. The van der Waals surface area contributed by atoms with Crippen LogP contribution in [0, 0.1) is 35.5 Å². The fourth-order valence-electron chi connectivity index (χ4n) is 7.59. The zero-order valence-electron chi connectivity index (χ0n) is 19.9. The van der Waals surface area contributed by atoms with Gasteiger partial charge in [0.1, 0.15) is 5.60 Å². The molecule has 5 unspecified atom stereocenters. The van der Waals surface area contributed by atoms with Crippen LogP contribution in [0.2, 0.25) is 0 Å². The molecule has 5 rings (SSSR count). The highest BCUT2D eigenvalue weighted by Gasteiger charge is 2.68. The highest BCUT2D eigenvalue weighted by atomic mass is 32.2. The van der Waals surface area contributed by atoms with E-state index in [9.17, 15) is 24.0 Å². The lowest BCUT2D eigenvalue weighted by Gasteiger charge is -2.59. The highest BCUT2D eigenvalue weighted by molar-refractivity contribution is 7.83. The number of rotatable bonds is 3. The van der Waals surface area contributed by atoms with Gasteiger partial charge in [-0.2, -0.15) is 0 Å².